The Balaban J connectivity index is 1.43. The van der Waals surface area contributed by atoms with Crippen LogP contribution in [-0.2, 0) is 11.3 Å². The van der Waals surface area contributed by atoms with Crippen molar-refractivity contribution in [3.63, 3.8) is 0 Å². The highest BCUT2D eigenvalue weighted by Gasteiger charge is 2.20. The average Bonchev–Trinajstić information content (AvgIpc) is 3.28. The summed E-state index contributed by atoms with van der Waals surface area (Å²) in [4.78, 5) is 29.5. The van der Waals surface area contributed by atoms with Crippen LogP contribution >= 0.6 is 23.3 Å². The molecule has 3 aromatic heterocycles. The van der Waals surface area contributed by atoms with Crippen molar-refractivity contribution in [1.82, 2.24) is 29.5 Å². The van der Waals surface area contributed by atoms with Crippen molar-refractivity contribution in [2.24, 2.45) is 0 Å². The van der Waals surface area contributed by atoms with Gasteiger partial charge in [0.05, 0.1) is 0 Å². The van der Waals surface area contributed by atoms with E-state index >= 15 is 0 Å². The van der Waals surface area contributed by atoms with Crippen molar-refractivity contribution in [2.45, 2.75) is 11.8 Å². The smallest absolute Gasteiger partial charge is 0.352 e. The van der Waals surface area contributed by atoms with E-state index in [0.717, 1.165) is 11.5 Å². The van der Waals surface area contributed by atoms with Gasteiger partial charge in [-0.1, -0.05) is 28.4 Å². The minimum absolute atomic E-state index is 0.0263. The normalized spacial score (nSPS) is 10.7. The van der Waals surface area contributed by atoms with Crippen LogP contribution in [0.2, 0.25) is 0 Å². The van der Waals surface area contributed by atoms with Crippen LogP contribution in [0, 0.1) is 5.82 Å². The SMILES string of the molecule is CSc1ncc(-c2nnsc2C(=O)OCc2cnc(-c3cccc(F)c3)nc2)cn1. The van der Waals surface area contributed by atoms with Gasteiger partial charge in [-0.2, -0.15) is 0 Å². The molecule has 4 rings (SSSR count). The lowest BCUT2D eigenvalue weighted by molar-refractivity contribution is 0.0478. The third-order valence-electron chi connectivity index (χ3n) is 3.92. The molecule has 1 aromatic carbocycles. The van der Waals surface area contributed by atoms with Crippen molar-refractivity contribution in [3.8, 4) is 22.6 Å². The average molecular weight is 440 g/mol. The topological polar surface area (TPSA) is 104 Å². The van der Waals surface area contributed by atoms with Crippen LogP contribution in [0.15, 0.2) is 54.2 Å². The third-order valence-corrected chi connectivity index (χ3v) is 5.20. The lowest BCUT2D eigenvalue weighted by Gasteiger charge is -2.05. The Morgan fingerprint density at radius 2 is 1.87 bits per heavy atom. The monoisotopic (exact) mass is 440 g/mol. The van der Waals surface area contributed by atoms with Gasteiger partial charge in [-0.3, -0.25) is 0 Å². The summed E-state index contributed by atoms with van der Waals surface area (Å²) < 4.78 is 22.5. The zero-order valence-corrected chi connectivity index (χ0v) is 17.2. The van der Waals surface area contributed by atoms with E-state index in [2.05, 4.69) is 29.5 Å². The van der Waals surface area contributed by atoms with E-state index in [1.54, 1.807) is 24.5 Å². The van der Waals surface area contributed by atoms with Gasteiger partial charge in [-0.15, -0.1) is 5.10 Å². The summed E-state index contributed by atoms with van der Waals surface area (Å²) in [6.07, 6.45) is 8.11. The fourth-order valence-electron chi connectivity index (χ4n) is 2.48. The van der Waals surface area contributed by atoms with Gasteiger partial charge >= 0.3 is 5.97 Å². The number of aromatic nitrogens is 6. The zero-order chi connectivity index (χ0) is 20.9. The molecule has 0 bridgehead atoms. The van der Waals surface area contributed by atoms with Crippen molar-refractivity contribution >= 4 is 29.3 Å². The van der Waals surface area contributed by atoms with Crippen LogP contribution in [0.3, 0.4) is 0 Å². The molecular weight excluding hydrogens is 427 g/mol. The molecule has 0 atom stereocenters. The highest BCUT2D eigenvalue weighted by atomic mass is 32.2. The third kappa shape index (κ3) is 4.47. The number of carbonyl (C=O) groups excluding carboxylic acids is 1. The Kier molecular flexibility index (Phi) is 6.00. The Bertz CT molecular complexity index is 1170. The molecule has 0 N–H and O–H groups in total. The highest BCUT2D eigenvalue weighted by Crippen LogP contribution is 2.24. The molecule has 150 valence electrons. The number of rotatable bonds is 6. The van der Waals surface area contributed by atoms with Crippen molar-refractivity contribution in [1.29, 1.82) is 0 Å². The lowest BCUT2D eigenvalue weighted by atomic mass is 10.2. The minimum Gasteiger partial charge on any atom is -0.456 e. The van der Waals surface area contributed by atoms with Crippen molar-refractivity contribution in [2.75, 3.05) is 6.26 Å². The summed E-state index contributed by atoms with van der Waals surface area (Å²) in [6, 6.07) is 6.00. The Labute approximate surface area is 178 Å². The van der Waals surface area contributed by atoms with Gasteiger partial charge in [0, 0.05) is 41.5 Å². The van der Waals surface area contributed by atoms with E-state index in [-0.39, 0.29) is 17.3 Å². The first kappa shape index (κ1) is 20.0. The van der Waals surface area contributed by atoms with Gasteiger partial charge in [0.1, 0.15) is 18.1 Å². The predicted molar refractivity (Wildman–Crippen MR) is 109 cm³/mol. The van der Waals surface area contributed by atoms with Crippen LogP contribution in [-0.4, -0.2) is 41.7 Å². The second-order valence-corrected chi connectivity index (χ2v) is 7.44. The molecule has 0 aliphatic carbocycles. The zero-order valence-electron chi connectivity index (χ0n) is 15.5. The standard InChI is InChI=1S/C19H13FN6O2S2/c1-29-19-23-8-13(9-24-19)15-16(30-26-25-15)18(27)28-10-11-6-21-17(22-7-11)12-3-2-4-14(20)5-12/h2-9H,10H2,1H3. The van der Waals surface area contributed by atoms with E-state index in [9.17, 15) is 9.18 Å². The van der Waals surface area contributed by atoms with E-state index in [0.29, 0.717) is 33.4 Å². The fraction of sp³-hybridized carbons (Fsp3) is 0.105. The van der Waals surface area contributed by atoms with Crippen molar-refractivity contribution < 1.29 is 13.9 Å². The molecule has 0 radical (unpaired) electrons. The number of hydrogen-bond donors (Lipinski definition) is 0. The summed E-state index contributed by atoms with van der Waals surface area (Å²) in [5.41, 5.74) is 2.11. The van der Waals surface area contributed by atoms with Crippen LogP contribution in [0.5, 0.6) is 0 Å². The molecule has 8 nitrogen and oxygen atoms in total. The summed E-state index contributed by atoms with van der Waals surface area (Å²) >= 11 is 2.35. The molecule has 0 aliphatic heterocycles. The number of nitrogens with zero attached hydrogens (tertiary/aromatic N) is 6. The molecule has 0 fully saturated rings. The molecule has 0 unspecified atom stereocenters. The quantitative estimate of drug-likeness (QED) is 0.252. The van der Waals surface area contributed by atoms with Crippen LogP contribution < -0.4 is 0 Å². The van der Waals surface area contributed by atoms with Gasteiger partial charge in [-0.05, 0) is 29.9 Å². The molecule has 0 aliphatic rings. The molecule has 4 aromatic rings. The summed E-state index contributed by atoms with van der Waals surface area (Å²) in [7, 11) is 0. The number of thioether (sulfide) groups is 1. The molecule has 0 saturated carbocycles. The van der Waals surface area contributed by atoms with Gasteiger partial charge in [-0.25, -0.2) is 29.1 Å². The Hall–Kier alpha value is -3.31. The van der Waals surface area contributed by atoms with Crippen LogP contribution in [0.1, 0.15) is 15.2 Å². The number of ether oxygens (including phenoxy) is 1. The Morgan fingerprint density at radius 3 is 2.57 bits per heavy atom. The number of halogens is 1. The summed E-state index contributed by atoms with van der Waals surface area (Å²) in [5.74, 6) is -0.549. The van der Waals surface area contributed by atoms with Gasteiger partial charge in [0.25, 0.3) is 0 Å². The lowest BCUT2D eigenvalue weighted by Crippen LogP contribution is -2.06. The first-order valence-corrected chi connectivity index (χ1v) is 10.6. The van der Waals surface area contributed by atoms with E-state index in [4.69, 9.17) is 4.74 Å². The maximum Gasteiger partial charge on any atom is 0.352 e. The summed E-state index contributed by atoms with van der Waals surface area (Å²) in [6.45, 7) is -0.0263. The number of carbonyl (C=O) groups is 1. The van der Waals surface area contributed by atoms with Gasteiger partial charge < -0.3 is 4.74 Å². The summed E-state index contributed by atoms with van der Waals surface area (Å²) in [5, 5.41) is 4.61. The molecule has 0 amide bonds. The van der Waals surface area contributed by atoms with Crippen molar-refractivity contribution in [3.05, 3.63) is 65.3 Å². The second-order valence-electron chi connectivity index (χ2n) is 5.91. The van der Waals surface area contributed by atoms with E-state index < -0.39 is 5.97 Å². The number of benzene rings is 1. The van der Waals surface area contributed by atoms with Crippen LogP contribution in [0.4, 0.5) is 4.39 Å². The van der Waals surface area contributed by atoms with Gasteiger partial charge in [0.2, 0.25) is 0 Å². The molecule has 3 heterocycles. The fourth-order valence-corrected chi connectivity index (χ4v) is 3.38. The van der Waals surface area contributed by atoms with E-state index in [1.165, 1.54) is 36.3 Å². The number of esters is 1. The molecular formula is C19H13FN6O2S2. The Morgan fingerprint density at radius 1 is 1.10 bits per heavy atom. The maximum atomic E-state index is 13.3. The first-order valence-electron chi connectivity index (χ1n) is 8.57. The van der Waals surface area contributed by atoms with Crippen LogP contribution in [0.25, 0.3) is 22.6 Å². The predicted octanol–water partition coefficient (Wildman–Crippen LogP) is 3.67. The molecule has 0 saturated heterocycles. The van der Waals surface area contributed by atoms with Gasteiger partial charge in [0.15, 0.2) is 15.9 Å². The molecule has 30 heavy (non-hydrogen) atoms. The molecule has 11 heteroatoms. The van der Waals surface area contributed by atoms with E-state index in [1.807, 2.05) is 6.26 Å². The maximum absolute atomic E-state index is 13.3. The highest BCUT2D eigenvalue weighted by molar-refractivity contribution is 7.98. The number of hydrogen-bond acceptors (Lipinski definition) is 10. The largest absolute Gasteiger partial charge is 0.456 e. The first-order chi connectivity index (χ1) is 14.6. The second kappa shape index (κ2) is 9.01. The molecule has 0 spiro atoms. The minimum atomic E-state index is -0.567.